The Balaban J connectivity index is 2.27. The second kappa shape index (κ2) is 6.73. The first-order valence-corrected chi connectivity index (χ1v) is 8.28. The summed E-state index contributed by atoms with van der Waals surface area (Å²) in [6.45, 7) is 3.40. The summed E-state index contributed by atoms with van der Waals surface area (Å²) in [5, 5.41) is 1.48. The first-order chi connectivity index (χ1) is 11.9. The van der Waals surface area contributed by atoms with E-state index in [-0.39, 0.29) is 5.78 Å². The maximum atomic E-state index is 12.2. The van der Waals surface area contributed by atoms with E-state index in [0.717, 1.165) is 27.7 Å². The molecule has 0 atom stereocenters. The molecule has 25 heavy (non-hydrogen) atoms. The van der Waals surface area contributed by atoms with Crippen molar-refractivity contribution in [3.8, 4) is 0 Å². The molecular weight excluding hydrogens is 338 g/mol. The van der Waals surface area contributed by atoms with E-state index in [4.69, 9.17) is 16.3 Å². The van der Waals surface area contributed by atoms with E-state index >= 15 is 0 Å². The fourth-order valence-electron chi connectivity index (χ4n) is 3.21. The minimum Gasteiger partial charge on any atom is -0.465 e. The largest absolute Gasteiger partial charge is 0.465 e. The molecule has 0 saturated carbocycles. The Morgan fingerprint density at radius 1 is 1.16 bits per heavy atom. The van der Waals surface area contributed by atoms with Gasteiger partial charge in [-0.25, -0.2) is 4.79 Å². The van der Waals surface area contributed by atoms with Crippen LogP contribution in [-0.4, -0.2) is 23.8 Å². The van der Waals surface area contributed by atoms with Gasteiger partial charge in [-0.1, -0.05) is 29.8 Å². The number of hydrogen-bond acceptors (Lipinski definition) is 3. The van der Waals surface area contributed by atoms with Crippen LogP contribution in [0.2, 0.25) is 5.02 Å². The van der Waals surface area contributed by atoms with Crippen LogP contribution in [-0.2, 0) is 11.2 Å². The summed E-state index contributed by atoms with van der Waals surface area (Å²) in [6.07, 6.45) is 0.512. The number of ether oxygens (including phenoxy) is 1. The molecule has 0 amide bonds. The Morgan fingerprint density at radius 3 is 2.52 bits per heavy atom. The molecule has 1 aromatic heterocycles. The Labute approximate surface area is 150 Å². The number of carbonyl (C=O) groups excluding carboxylic acids is 2. The van der Waals surface area contributed by atoms with Crippen LogP contribution in [0.1, 0.15) is 44.5 Å². The number of benzene rings is 2. The maximum absolute atomic E-state index is 12.2. The zero-order valence-corrected chi connectivity index (χ0v) is 15.0. The topological polar surface area (TPSA) is 59.2 Å². The lowest BCUT2D eigenvalue weighted by atomic mass is 9.95. The zero-order valence-electron chi connectivity index (χ0n) is 14.3. The van der Waals surface area contributed by atoms with Gasteiger partial charge < -0.3 is 9.72 Å². The SMILES string of the molecule is COC(=O)c1cc(Cc2ccccc2Cl)c2c(C(C)=O)c(C)[nH]c2c1. The van der Waals surface area contributed by atoms with Crippen LogP contribution in [0.25, 0.3) is 10.9 Å². The first-order valence-electron chi connectivity index (χ1n) is 7.90. The second-order valence-corrected chi connectivity index (χ2v) is 6.41. The van der Waals surface area contributed by atoms with Crippen molar-refractivity contribution in [3.05, 3.63) is 69.4 Å². The molecule has 0 fully saturated rings. The van der Waals surface area contributed by atoms with Gasteiger partial charge in [0.2, 0.25) is 0 Å². The summed E-state index contributed by atoms with van der Waals surface area (Å²) in [4.78, 5) is 27.4. The molecule has 2 aromatic carbocycles. The van der Waals surface area contributed by atoms with Crippen LogP contribution in [0.15, 0.2) is 36.4 Å². The van der Waals surface area contributed by atoms with Crippen molar-refractivity contribution in [2.75, 3.05) is 7.11 Å². The second-order valence-electron chi connectivity index (χ2n) is 6.00. The van der Waals surface area contributed by atoms with Gasteiger partial charge in [-0.2, -0.15) is 0 Å². The average molecular weight is 356 g/mol. The van der Waals surface area contributed by atoms with E-state index in [2.05, 4.69) is 4.98 Å². The van der Waals surface area contributed by atoms with E-state index in [0.29, 0.717) is 22.6 Å². The molecule has 4 nitrogen and oxygen atoms in total. The number of hydrogen-bond donors (Lipinski definition) is 1. The highest BCUT2D eigenvalue weighted by Gasteiger charge is 2.19. The molecule has 1 N–H and O–H groups in total. The fourth-order valence-corrected chi connectivity index (χ4v) is 3.41. The molecule has 5 heteroatoms. The first kappa shape index (κ1) is 17.2. The van der Waals surface area contributed by atoms with Gasteiger partial charge in [0, 0.05) is 27.2 Å². The molecule has 3 rings (SSSR count). The third-order valence-electron chi connectivity index (χ3n) is 4.28. The van der Waals surface area contributed by atoms with Crippen molar-refractivity contribution in [3.63, 3.8) is 0 Å². The van der Waals surface area contributed by atoms with Crippen LogP contribution in [0.3, 0.4) is 0 Å². The summed E-state index contributed by atoms with van der Waals surface area (Å²) in [6, 6.07) is 11.0. The van der Waals surface area contributed by atoms with Crippen molar-refractivity contribution in [1.29, 1.82) is 0 Å². The number of halogens is 1. The van der Waals surface area contributed by atoms with E-state index in [9.17, 15) is 9.59 Å². The van der Waals surface area contributed by atoms with Gasteiger partial charge in [0.25, 0.3) is 0 Å². The number of rotatable bonds is 4. The third kappa shape index (κ3) is 3.17. The number of ketones is 1. The normalized spacial score (nSPS) is 10.9. The molecule has 1 heterocycles. The van der Waals surface area contributed by atoms with Gasteiger partial charge in [-0.15, -0.1) is 0 Å². The van der Waals surface area contributed by atoms with Crippen LogP contribution < -0.4 is 0 Å². The fraction of sp³-hybridized carbons (Fsp3) is 0.200. The number of H-pyrrole nitrogens is 1. The number of aryl methyl sites for hydroxylation is 1. The number of aromatic amines is 1. The van der Waals surface area contributed by atoms with Crippen molar-refractivity contribution >= 4 is 34.3 Å². The lowest BCUT2D eigenvalue weighted by molar-refractivity contribution is 0.0600. The van der Waals surface area contributed by atoms with Gasteiger partial charge >= 0.3 is 5.97 Å². The van der Waals surface area contributed by atoms with Crippen LogP contribution in [0.4, 0.5) is 0 Å². The molecule has 0 saturated heterocycles. The Kier molecular flexibility index (Phi) is 4.64. The minimum atomic E-state index is -0.418. The molecule has 0 aliphatic rings. The van der Waals surface area contributed by atoms with Gasteiger partial charge in [0.15, 0.2) is 5.78 Å². The monoisotopic (exact) mass is 355 g/mol. The van der Waals surface area contributed by atoms with Gasteiger partial charge in [-0.3, -0.25) is 4.79 Å². The number of esters is 1. The van der Waals surface area contributed by atoms with Crippen LogP contribution in [0.5, 0.6) is 0 Å². The number of carbonyl (C=O) groups is 2. The minimum absolute atomic E-state index is 0.0185. The number of nitrogens with one attached hydrogen (secondary N) is 1. The van der Waals surface area contributed by atoms with Gasteiger partial charge in [0.05, 0.1) is 12.7 Å². The van der Waals surface area contributed by atoms with Gasteiger partial charge in [0.1, 0.15) is 0 Å². The molecule has 0 aliphatic carbocycles. The molecule has 0 radical (unpaired) electrons. The maximum Gasteiger partial charge on any atom is 0.337 e. The highest BCUT2D eigenvalue weighted by Crippen LogP contribution is 2.31. The zero-order chi connectivity index (χ0) is 18.1. The number of methoxy groups -OCH3 is 1. The number of fused-ring (bicyclic) bond motifs is 1. The lowest BCUT2D eigenvalue weighted by Crippen LogP contribution is -2.04. The summed E-state index contributed by atoms with van der Waals surface area (Å²) < 4.78 is 4.85. The number of aromatic nitrogens is 1. The Morgan fingerprint density at radius 2 is 1.88 bits per heavy atom. The van der Waals surface area contributed by atoms with E-state index < -0.39 is 5.97 Å². The summed E-state index contributed by atoms with van der Waals surface area (Å²) >= 11 is 6.30. The van der Waals surface area contributed by atoms with Crippen LogP contribution >= 0.6 is 11.6 Å². The van der Waals surface area contributed by atoms with E-state index in [1.165, 1.54) is 7.11 Å². The molecule has 0 bridgehead atoms. The highest BCUT2D eigenvalue weighted by atomic mass is 35.5. The Hall–Kier alpha value is -2.59. The average Bonchev–Trinajstić information content (AvgIpc) is 2.92. The molecular formula is C20H18ClNO3. The molecule has 0 spiro atoms. The van der Waals surface area contributed by atoms with Crippen molar-refractivity contribution in [2.45, 2.75) is 20.3 Å². The highest BCUT2D eigenvalue weighted by molar-refractivity contribution is 6.31. The third-order valence-corrected chi connectivity index (χ3v) is 4.65. The predicted octanol–water partition coefficient (Wildman–Crippen LogP) is 4.71. The van der Waals surface area contributed by atoms with E-state index in [1.807, 2.05) is 31.2 Å². The van der Waals surface area contributed by atoms with Crippen molar-refractivity contribution in [1.82, 2.24) is 4.98 Å². The predicted molar refractivity (Wildman–Crippen MR) is 98.6 cm³/mol. The smallest absolute Gasteiger partial charge is 0.337 e. The molecule has 0 aliphatic heterocycles. The molecule has 128 valence electrons. The van der Waals surface area contributed by atoms with Gasteiger partial charge in [-0.05, 0) is 49.6 Å². The summed E-state index contributed by atoms with van der Waals surface area (Å²) in [7, 11) is 1.35. The molecule has 0 unspecified atom stereocenters. The summed E-state index contributed by atoms with van der Waals surface area (Å²) in [5.41, 5.74) is 4.40. The standard InChI is InChI=1S/C20H18ClNO3/c1-11-18(12(2)23)19-14(8-13-6-4-5-7-16(13)21)9-15(20(24)25-3)10-17(19)22-11/h4-7,9-10,22H,8H2,1-3H3. The number of Topliss-reactive ketones (excluding diaryl/α,β-unsaturated/α-hetero) is 1. The Bertz CT molecular complexity index is 988. The lowest BCUT2D eigenvalue weighted by Gasteiger charge is -2.10. The van der Waals surface area contributed by atoms with E-state index in [1.54, 1.807) is 19.1 Å². The quantitative estimate of drug-likeness (QED) is 0.544. The van der Waals surface area contributed by atoms with Crippen molar-refractivity contribution < 1.29 is 14.3 Å². The van der Waals surface area contributed by atoms with Crippen molar-refractivity contribution in [2.24, 2.45) is 0 Å². The summed E-state index contributed by atoms with van der Waals surface area (Å²) in [5.74, 6) is -0.436. The molecule has 3 aromatic rings. The van der Waals surface area contributed by atoms with Crippen LogP contribution in [0, 0.1) is 6.92 Å².